The van der Waals surface area contributed by atoms with Crippen LogP contribution in [0.3, 0.4) is 0 Å². The molecule has 0 saturated heterocycles. The standard InChI is InChI=1S/C25H28ClFN4O2/c1-16-22(15-30(19-12-13-19)24(32)28-25(2,3)4)23(33-21-7-5-6-18(27)14-21)31(29-16)20-10-8-17(26)9-11-20/h5-11,14,19H,12-13,15H2,1-4H3,(H,28,32). The van der Waals surface area contributed by atoms with Gasteiger partial charge in [-0.05, 0) is 76.9 Å². The molecule has 1 saturated carbocycles. The van der Waals surface area contributed by atoms with E-state index in [1.165, 1.54) is 12.1 Å². The molecule has 1 heterocycles. The molecule has 0 atom stereocenters. The highest BCUT2D eigenvalue weighted by molar-refractivity contribution is 6.30. The smallest absolute Gasteiger partial charge is 0.318 e. The minimum absolute atomic E-state index is 0.125. The summed E-state index contributed by atoms with van der Waals surface area (Å²) in [4.78, 5) is 14.9. The van der Waals surface area contributed by atoms with E-state index in [-0.39, 0.29) is 17.6 Å². The Labute approximate surface area is 198 Å². The van der Waals surface area contributed by atoms with Gasteiger partial charge in [-0.1, -0.05) is 17.7 Å². The molecule has 6 nitrogen and oxygen atoms in total. The summed E-state index contributed by atoms with van der Waals surface area (Å²) in [6.45, 7) is 8.08. The van der Waals surface area contributed by atoms with Gasteiger partial charge in [0.2, 0.25) is 5.88 Å². The summed E-state index contributed by atoms with van der Waals surface area (Å²) in [5, 5.41) is 8.35. The first-order valence-electron chi connectivity index (χ1n) is 11.0. The summed E-state index contributed by atoms with van der Waals surface area (Å²) < 4.78 is 21.7. The fourth-order valence-corrected chi connectivity index (χ4v) is 3.67. The first kappa shape index (κ1) is 23.1. The molecule has 0 bridgehead atoms. The molecule has 2 aromatic carbocycles. The number of hydrogen-bond acceptors (Lipinski definition) is 3. The van der Waals surface area contributed by atoms with Gasteiger partial charge in [0, 0.05) is 22.7 Å². The highest BCUT2D eigenvalue weighted by Crippen LogP contribution is 2.35. The highest BCUT2D eigenvalue weighted by atomic mass is 35.5. The molecule has 1 fully saturated rings. The SMILES string of the molecule is Cc1nn(-c2ccc(Cl)cc2)c(Oc2cccc(F)c2)c1CN(C(=O)NC(C)(C)C)C1CC1. The molecule has 3 aromatic rings. The van der Waals surface area contributed by atoms with Gasteiger partial charge >= 0.3 is 6.03 Å². The number of halogens is 2. The number of urea groups is 1. The summed E-state index contributed by atoms with van der Waals surface area (Å²) in [5.74, 6) is 0.394. The van der Waals surface area contributed by atoms with Crippen molar-refractivity contribution in [3.63, 3.8) is 0 Å². The van der Waals surface area contributed by atoms with Crippen LogP contribution in [0.25, 0.3) is 5.69 Å². The van der Waals surface area contributed by atoms with Crippen molar-refractivity contribution in [3.8, 4) is 17.3 Å². The molecular weight excluding hydrogens is 443 g/mol. The lowest BCUT2D eigenvalue weighted by atomic mass is 10.1. The average molecular weight is 471 g/mol. The number of nitrogens with zero attached hydrogens (tertiary/aromatic N) is 3. The molecule has 0 spiro atoms. The minimum atomic E-state index is -0.396. The number of amides is 2. The Bertz CT molecular complexity index is 1150. The van der Waals surface area contributed by atoms with Gasteiger partial charge in [-0.3, -0.25) is 0 Å². The summed E-state index contributed by atoms with van der Waals surface area (Å²) in [7, 11) is 0. The van der Waals surface area contributed by atoms with E-state index in [0.29, 0.717) is 23.2 Å². The van der Waals surface area contributed by atoms with E-state index in [1.54, 1.807) is 28.9 Å². The van der Waals surface area contributed by atoms with E-state index in [9.17, 15) is 9.18 Å². The first-order valence-corrected chi connectivity index (χ1v) is 11.3. The first-order chi connectivity index (χ1) is 15.6. The maximum atomic E-state index is 13.9. The van der Waals surface area contributed by atoms with Crippen molar-refractivity contribution in [1.82, 2.24) is 20.0 Å². The molecule has 0 aliphatic heterocycles. The van der Waals surface area contributed by atoms with E-state index in [4.69, 9.17) is 21.4 Å². The predicted octanol–water partition coefficient (Wildman–Crippen LogP) is 6.24. The predicted molar refractivity (Wildman–Crippen MR) is 127 cm³/mol. The normalized spacial score (nSPS) is 13.6. The van der Waals surface area contributed by atoms with Crippen LogP contribution in [-0.4, -0.2) is 32.3 Å². The van der Waals surface area contributed by atoms with Crippen molar-refractivity contribution in [3.05, 3.63) is 70.6 Å². The van der Waals surface area contributed by atoms with Gasteiger partial charge in [0.25, 0.3) is 0 Å². The number of carbonyl (C=O) groups is 1. The third-order valence-electron chi connectivity index (χ3n) is 5.28. The van der Waals surface area contributed by atoms with Crippen LogP contribution in [0.2, 0.25) is 5.02 Å². The second kappa shape index (κ2) is 9.06. The third kappa shape index (κ3) is 5.66. The number of carbonyl (C=O) groups excluding carboxylic acids is 1. The second-order valence-electron chi connectivity index (χ2n) is 9.36. The Kier molecular flexibility index (Phi) is 6.34. The summed E-state index contributed by atoms with van der Waals surface area (Å²) >= 11 is 6.07. The van der Waals surface area contributed by atoms with E-state index in [2.05, 4.69) is 5.32 Å². The van der Waals surface area contributed by atoms with Crippen molar-refractivity contribution < 1.29 is 13.9 Å². The van der Waals surface area contributed by atoms with Gasteiger partial charge < -0.3 is 15.0 Å². The molecule has 0 unspecified atom stereocenters. The number of aryl methyl sites for hydroxylation is 1. The topological polar surface area (TPSA) is 59.4 Å². The van der Waals surface area contributed by atoms with Crippen molar-refractivity contribution in [2.45, 2.75) is 58.7 Å². The maximum Gasteiger partial charge on any atom is 0.318 e. The number of benzene rings is 2. The number of rotatable bonds is 6. The zero-order valence-electron chi connectivity index (χ0n) is 19.2. The molecule has 33 heavy (non-hydrogen) atoms. The van der Waals surface area contributed by atoms with Crippen LogP contribution in [0.15, 0.2) is 48.5 Å². The van der Waals surface area contributed by atoms with E-state index >= 15 is 0 Å². The van der Waals surface area contributed by atoms with Crippen LogP contribution in [0.4, 0.5) is 9.18 Å². The van der Waals surface area contributed by atoms with Crippen molar-refractivity contribution in [1.29, 1.82) is 0 Å². The Morgan fingerprint density at radius 2 is 1.94 bits per heavy atom. The molecule has 1 aliphatic rings. The van der Waals surface area contributed by atoms with Gasteiger partial charge in [0.1, 0.15) is 11.6 Å². The quantitative estimate of drug-likeness (QED) is 0.464. The van der Waals surface area contributed by atoms with Gasteiger partial charge in [-0.25, -0.2) is 13.9 Å². The molecule has 2 amide bonds. The average Bonchev–Trinajstić information content (AvgIpc) is 3.51. The van der Waals surface area contributed by atoms with Crippen LogP contribution in [0, 0.1) is 12.7 Å². The number of ether oxygens (including phenoxy) is 1. The van der Waals surface area contributed by atoms with Crippen LogP contribution in [0.1, 0.15) is 44.9 Å². The molecular formula is C25H28ClFN4O2. The Morgan fingerprint density at radius 1 is 1.24 bits per heavy atom. The molecule has 174 valence electrons. The lowest BCUT2D eigenvalue weighted by Crippen LogP contribution is -2.49. The zero-order chi connectivity index (χ0) is 23.8. The van der Waals surface area contributed by atoms with Crippen molar-refractivity contribution in [2.24, 2.45) is 0 Å². The van der Waals surface area contributed by atoms with Gasteiger partial charge in [-0.15, -0.1) is 0 Å². The van der Waals surface area contributed by atoms with Gasteiger partial charge in [0.15, 0.2) is 0 Å². The largest absolute Gasteiger partial charge is 0.438 e. The van der Waals surface area contributed by atoms with Crippen molar-refractivity contribution in [2.75, 3.05) is 0 Å². The summed E-state index contributed by atoms with van der Waals surface area (Å²) in [5.41, 5.74) is 1.89. The summed E-state index contributed by atoms with van der Waals surface area (Å²) in [6.07, 6.45) is 1.92. The zero-order valence-corrected chi connectivity index (χ0v) is 20.0. The molecule has 4 rings (SSSR count). The number of hydrogen-bond donors (Lipinski definition) is 1. The Morgan fingerprint density at radius 3 is 2.55 bits per heavy atom. The van der Waals surface area contributed by atoms with E-state index < -0.39 is 5.82 Å². The molecule has 1 aromatic heterocycles. The molecule has 0 radical (unpaired) electrons. The Balaban J connectivity index is 1.74. The maximum absolute atomic E-state index is 13.9. The lowest BCUT2D eigenvalue weighted by molar-refractivity contribution is 0.182. The molecule has 1 N–H and O–H groups in total. The summed E-state index contributed by atoms with van der Waals surface area (Å²) in [6, 6.07) is 13.2. The number of aromatic nitrogens is 2. The Hall–Kier alpha value is -3.06. The van der Waals surface area contributed by atoms with Crippen LogP contribution >= 0.6 is 11.6 Å². The third-order valence-corrected chi connectivity index (χ3v) is 5.53. The lowest BCUT2D eigenvalue weighted by Gasteiger charge is -2.28. The van der Waals surface area contributed by atoms with Crippen LogP contribution in [0.5, 0.6) is 11.6 Å². The fourth-order valence-electron chi connectivity index (χ4n) is 3.54. The second-order valence-corrected chi connectivity index (χ2v) is 9.79. The van der Waals surface area contributed by atoms with Crippen LogP contribution in [-0.2, 0) is 6.54 Å². The monoisotopic (exact) mass is 470 g/mol. The number of nitrogens with one attached hydrogen (secondary N) is 1. The van der Waals surface area contributed by atoms with Crippen molar-refractivity contribution >= 4 is 17.6 Å². The highest BCUT2D eigenvalue weighted by Gasteiger charge is 2.35. The van der Waals surface area contributed by atoms with Crippen LogP contribution < -0.4 is 10.1 Å². The van der Waals surface area contributed by atoms with E-state index in [1.807, 2.05) is 44.7 Å². The van der Waals surface area contributed by atoms with E-state index in [0.717, 1.165) is 29.8 Å². The minimum Gasteiger partial charge on any atom is -0.438 e. The fraction of sp³-hybridized carbons (Fsp3) is 0.360. The molecule has 8 heteroatoms. The molecule has 1 aliphatic carbocycles. The van der Waals surface area contributed by atoms with Gasteiger partial charge in [0.05, 0.1) is 23.5 Å². The van der Waals surface area contributed by atoms with Gasteiger partial charge in [-0.2, -0.15) is 5.10 Å².